The lowest BCUT2D eigenvalue weighted by Crippen LogP contribution is -2.54. The number of hydrogen-bond acceptors (Lipinski definition) is 5. The number of nitrogens with two attached hydrogens (primary N) is 1. The third-order valence-electron chi connectivity index (χ3n) is 4.31. The molecule has 0 unspecified atom stereocenters. The molecule has 1 aromatic heterocycles. The van der Waals surface area contributed by atoms with Gasteiger partial charge in [-0.1, -0.05) is 0 Å². The Morgan fingerprint density at radius 3 is 2.50 bits per heavy atom. The predicted octanol–water partition coefficient (Wildman–Crippen LogP) is 2.71. The topological polar surface area (TPSA) is 107 Å². The smallest absolute Gasteiger partial charge is 0.291 e. The lowest BCUT2D eigenvalue weighted by Gasteiger charge is -2.31. The van der Waals surface area contributed by atoms with Gasteiger partial charge in [0.05, 0.1) is 6.26 Å². The number of hydrogen-bond donors (Lipinski definition) is 3. The first-order chi connectivity index (χ1) is 12.0. The van der Waals surface area contributed by atoms with Crippen LogP contribution >= 0.6 is 12.4 Å². The fourth-order valence-corrected chi connectivity index (χ4v) is 2.69. The lowest BCUT2D eigenvalue weighted by atomic mass is 9.90. The highest BCUT2D eigenvalue weighted by molar-refractivity contribution is 6.03. The van der Waals surface area contributed by atoms with E-state index in [-0.39, 0.29) is 30.0 Å². The number of nitrogens with one attached hydrogen (secondary N) is 2. The summed E-state index contributed by atoms with van der Waals surface area (Å²) in [6, 6.07) is 8.50. The van der Waals surface area contributed by atoms with E-state index in [1.54, 1.807) is 30.3 Å². The third kappa shape index (κ3) is 4.43. The molecule has 1 saturated heterocycles. The van der Waals surface area contributed by atoms with E-state index in [2.05, 4.69) is 10.6 Å². The molecular weight excluding hydrogens is 358 g/mol. The highest BCUT2D eigenvalue weighted by Crippen LogP contribution is 2.23. The number of rotatable bonds is 4. The zero-order valence-electron chi connectivity index (χ0n) is 14.4. The molecule has 0 aliphatic carbocycles. The molecule has 2 amide bonds. The summed E-state index contributed by atoms with van der Waals surface area (Å²) in [4.78, 5) is 24.5. The van der Waals surface area contributed by atoms with Gasteiger partial charge in [-0.2, -0.15) is 0 Å². The van der Waals surface area contributed by atoms with Crippen LogP contribution in [0.25, 0.3) is 0 Å². The molecule has 1 aromatic carbocycles. The second-order valence-corrected chi connectivity index (χ2v) is 6.18. The van der Waals surface area contributed by atoms with E-state index in [1.165, 1.54) is 6.26 Å². The molecular formula is C18H22ClN3O4. The van der Waals surface area contributed by atoms with Crippen molar-refractivity contribution in [3.63, 3.8) is 0 Å². The third-order valence-corrected chi connectivity index (χ3v) is 4.31. The molecule has 0 saturated carbocycles. The molecule has 1 aliphatic heterocycles. The Labute approximate surface area is 157 Å². The number of aryl methyl sites for hydroxylation is 1. The number of anilines is 2. The molecule has 7 nitrogen and oxygen atoms in total. The van der Waals surface area contributed by atoms with Crippen molar-refractivity contribution in [3.8, 4) is 0 Å². The van der Waals surface area contributed by atoms with Crippen LogP contribution in [-0.4, -0.2) is 30.6 Å². The molecule has 2 aromatic rings. The fourth-order valence-electron chi connectivity index (χ4n) is 2.69. The molecule has 8 heteroatoms. The van der Waals surface area contributed by atoms with Gasteiger partial charge in [0, 0.05) is 24.6 Å². The average Bonchev–Trinajstić information content (AvgIpc) is 3.12. The van der Waals surface area contributed by atoms with Crippen LogP contribution in [0.4, 0.5) is 11.4 Å². The summed E-state index contributed by atoms with van der Waals surface area (Å²) in [5.41, 5.74) is 7.37. The molecule has 1 fully saturated rings. The van der Waals surface area contributed by atoms with E-state index in [0.29, 0.717) is 37.4 Å². The van der Waals surface area contributed by atoms with Gasteiger partial charge in [0.25, 0.3) is 5.91 Å². The van der Waals surface area contributed by atoms with E-state index in [4.69, 9.17) is 14.9 Å². The van der Waals surface area contributed by atoms with Crippen molar-refractivity contribution in [2.75, 3.05) is 23.8 Å². The average molecular weight is 380 g/mol. The minimum absolute atomic E-state index is 0. The zero-order valence-corrected chi connectivity index (χ0v) is 15.2. The molecule has 0 bridgehead atoms. The number of carbonyl (C=O) groups excluding carboxylic acids is 2. The minimum Gasteiger partial charge on any atom is -0.459 e. The number of halogens is 1. The Morgan fingerprint density at radius 2 is 1.88 bits per heavy atom. The first kappa shape index (κ1) is 20.0. The van der Waals surface area contributed by atoms with Crippen LogP contribution in [0.15, 0.2) is 41.0 Å². The van der Waals surface area contributed by atoms with Gasteiger partial charge in [-0.05, 0) is 55.7 Å². The molecule has 0 atom stereocenters. The number of furan rings is 1. The van der Waals surface area contributed by atoms with Crippen LogP contribution in [0, 0.1) is 6.92 Å². The number of benzene rings is 1. The summed E-state index contributed by atoms with van der Waals surface area (Å²) in [6.45, 7) is 2.82. The van der Waals surface area contributed by atoms with E-state index in [0.717, 1.165) is 5.56 Å². The van der Waals surface area contributed by atoms with Gasteiger partial charge in [0.15, 0.2) is 5.76 Å². The summed E-state index contributed by atoms with van der Waals surface area (Å²) < 4.78 is 10.3. The van der Waals surface area contributed by atoms with Gasteiger partial charge in [-0.15, -0.1) is 12.4 Å². The summed E-state index contributed by atoms with van der Waals surface area (Å²) in [5, 5.41) is 5.63. The predicted molar refractivity (Wildman–Crippen MR) is 101 cm³/mol. The van der Waals surface area contributed by atoms with Crippen LogP contribution in [0.1, 0.15) is 29.0 Å². The molecule has 0 radical (unpaired) electrons. The van der Waals surface area contributed by atoms with E-state index < -0.39 is 5.54 Å². The highest BCUT2D eigenvalue weighted by atomic mass is 35.5. The highest BCUT2D eigenvalue weighted by Gasteiger charge is 2.35. The van der Waals surface area contributed by atoms with Gasteiger partial charge in [-0.3, -0.25) is 9.59 Å². The van der Waals surface area contributed by atoms with Crippen molar-refractivity contribution >= 4 is 35.6 Å². The summed E-state index contributed by atoms with van der Waals surface area (Å²) in [5.74, 6) is -0.308. The van der Waals surface area contributed by atoms with E-state index in [1.807, 2.05) is 6.92 Å². The van der Waals surface area contributed by atoms with Gasteiger partial charge >= 0.3 is 0 Å². The number of amides is 2. The van der Waals surface area contributed by atoms with Gasteiger partial charge < -0.3 is 25.5 Å². The van der Waals surface area contributed by atoms with E-state index in [9.17, 15) is 9.59 Å². The maximum atomic E-state index is 12.4. The molecule has 140 valence electrons. The Morgan fingerprint density at radius 1 is 1.15 bits per heavy atom. The van der Waals surface area contributed by atoms with Crippen LogP contribution in [0.5, 0.6) is 0 Å². The minimum atomic E-state index is -0.904. The summed E-state index contributed by atoms with van der Waals surface area (Å²) in [7, 11) is 0. The Bertz CT molecular complexity index is 771. The lowest BCUT2D eigenvalue weighted by molar-refractivity contribution is -0.124. The second-order valence-electron chi connectivity index (χ2n) is 6.18. The second kappa shape index (κ2) is 8.35. The van der Waals surface area contributed by atoms with Gasteiger partial charge in [-0.25, -0.2) is 0 Å². The first-order valence-electron chi connectivity index (χ1n) is 8.11. The SMILES string of the molecule is Cc1cc(NC(=O)C2(N)CCOCC2)ccc1NC(=O)c1ccco1.Cl. The Hall–Kier alpha value is -2.35. The van der Waals surface area contributed by atoms with Crippen LogP contribution in [-0.2, 0) is 9.53 Å². The molecule has 26 heavy (non-hydrogen) atoms. The maximum absolute atomic E-state index is 12.4. The molecule has 3 rings (SSSR count). The quantitative estimate of drug-likeness (QED) is 0.757. The first-order valence-corrected chi connectivity index (χ1v) is 8.11. The normalized spacial score (nSPS) is 15.6. The summed E-state index contributed by atoms with van der Waals surface area (Å²) in [6.07, 6.45) is 2.43. The largest absolute Gasteiger partial charge is 0.459 e. The number of ether oxygens (including phenoxy) is 1. The molecule has 0 spiro atoms. The zero-order chi connectivity index (χ0) is 17.9. The fraction of sp³-hybridized carbons (Fsp3) is 0.333. The van der Waals surface area contributed by atoms with Gasteiger partial charge in [0.2, 0.25) is 5.91 Å². The summed E-state index contributed by atoms with van der Waals surface area (Å²) >= 11 is 0. The van der Waals surface area contributed by atoms with E-state index >= 15 is 0 Å². The Balaban J connectivity index is 0.00000243. The van der Waals surface area contributed by atoms with Crippen molar-refractivity contribution < 1.29 is 18.7 Å². The van der Waals surface area contributed by atoms with Crippen LogP contribution in [0.2, 0.25) is 0 Å². The van der Waals surface area contributed by atoms with Crippen molar-refractivity contribution in [3.05, 3.63) is 47.9 Å². The van der Waals surface area contributed by atoms with Crippen molar-refractivity contribution in [1.82, 2.24) is 0 Å². The maximum Gasteiger partial charge on any atom is 0.291 e. The van der Waals surface area contributed by atoms with Crippen molar-refractivity contribution in [1.29, 1.82) is 0 Å². The Kier molecular flexibility index (Phi) is 6.42. The molecule has 2 heterocycles. The van der Waals surface area contributed by atoms with Crippen molar-refractivity contribution in [2.45, 2.75) is 25.3 Å². The van der Waals surface area contributed by atoms with Crippen LogP contribution in [0.3, 0.4) is 0 Å². The van der Waals surface area contributed by atoms with Gasteiger partial charge in [0.1, 0.15) is 5.54 Å². The van der Waals surface area contributed by atoms with Crippen LogP contribution < -0.4 is 16.4 Å². The standard InChI is InChI=1S/C18H21N3O4.ClH/c1-12-11-13(20-17(23)18(19)6-9-24-10-7-18)4-5-14(12)21-16(22)15-3-2-8-25-15;/h2-5,8,11H,6-7,9-10,19H2,1H3,(H,20,23)(H,21,22);1H. The van der Waals surface area contributed by atoms with Crippen molar-refractivity contribution in [2.24, 2.45) is 5.73 Å². The molecule has 4 N–H and O–H groups in total. The monoisotopic (exact) mass is 379 g/mol. The number of carbonyl (C=O) groups is 2. The molecule has 1 aliphatic rings.